The summed E-state index contributed by atoms with van der Waals surface area (Å²) in [5, 5.41) is 21.1. The van der Waals surface area contributed by atoms with Crippen LogP contribution in [-0.4, -0.2) is 35.2 Å². The summed E-state index contributed by atoms with van der Waals surface area (Å²) in [6, 6.07) is 0. The molecule has 1 aliphatic carbocycles. The highest BCUT2D eigenvalue weighted by Crippen LogP contribution is 2.38. The van der Waals surface area contributed by atoms with Gasteiger partial charge in [-0.15, -0.1) is 0 Å². The molecule has 0 aromatic carbocycles. The van der Waals surface area contributed by atoms with Crippen molar-refractivity contribution in [1.82, 2.24) is 5.32 Å². The molecule has 1 amide bonds. The topological polar surface area (TPSA) is 86.6 Å². The average molecular weight is 299 g/mol. The molecule has 1 unspecified atom stereocenters. The number of carboxylic acids is 1. The average Bonchev–Trinajstić information content (AvgIpc) is 2.87. The van der Waals surface area contributed by atoms with Crippen LogP contribution in [0.1, 0.15) is 52.9 Å². The van der Waals surface area contributed by atoms with Gasteiger partial charge in [-0.2, -0.15) is 0 Å². The third kappa shape index (κ3) is 5.30. The van der Waals surface area contributed by atoms with E-state index in [9.17, 15) is 14.7 Å². The van der Waals surface area contributed by atoms with Crippen molar-refractivity contribution in [3.05, 3.63) is 0 Å². The van der Waals surface area contributed by atoms with Gasteiger partial charge in [0, 0.05) is 13.2 Å². The first kappa shape index (κ1) is 18.0. The Morgan fingerprint density at radius 1 is 1.24 bits per heavy atom. The Hall–Kier alpha value is -1.10. The fraction of sp³-hybridized carbons (Fsp3) is 0.875. The maximum Gasteiger partial charge on any atom is 0.307 e. The number of rotatable bonds is 8. The first-order valence-corrected chi connectivity index (χ1v) is 7.92. The molecule has 0 spiro atoms. The molecular formula is C16H29NO4. The zero-order chi connectivity index (χ0) is 16.0. The zero-order valence-electron chi connectivity index (χ0n) is 13.4. The standard InChI is InChI=1S/C16H29NO4/c1-4-11-8-12(13(9-11)15(20)21)14(19)17-10-16(2,3)6-5-7-18/h11-13,18H,4-10H2,1-3H3,(H,17,19)(H,20,21)/t11?,12-,13+/m0/s1. The molecule has 0 aromatic heterocycles. The van der Waals surface area contributed by atoms with Gasteiger partial charge in [0.1, 0.15) is 0 Å². The summed E-state index contributed by atoms with van der Waals surface area (Å²) in [6.07, 6.45) is 3.75. The minimum Gasteiger partial charge on any atom is -0.481 e. The van der Waals surface area contributed by atoms with Crippen molar-refractivity contribution >= 4 is 11.9 Å². The van der Waals surface area contributed by atoms with Gasteiger partial charge in [-0.1, -0.05) is 27.2 Å². The SMILES string of the molecule is CCC1C[C@H](C(=O)NCC(C)(C)CCCO)[C@H](C(=O)O)C1. The predicted octanol–water partition coefficient (Wildman–Crippen LogP) is 2.04. The van der Waals surface area contributed by atoms with Crippen molar-refractivity contribution in [2.24, 2.45) is 23.2 Å². The highest BCUT2D eigenvalue weighted by Gasteiger charge is 2.42. The molecule has 0 aliphatic heterocycles. The van der Waals surface area contributed by atoms with Gasteiger partial charge in [-0.05, 0) is 37.0 Å². The third-order valence-corrected chi connectivity index (χ3v) is 4.64. The third-order valence-electron chi connectivity index (χ3n) is 4.64. The smallest absolute Gasteiger partial charge is 0.307 e. The Morgan fingerprint density at radius 3 is 2.38 bits per heavy atom. The van der Waals surface area contributed by atoms with E-state index in [1.807, 2.05) is 20.8 Å². The van der Waals surface area contributed by atoms with E-state index in [-0.39, 0.29) is 17.9 Å². The summed E-state index contributed by atoms with van der Waals surface area (Å²) >= 11 is 0. The quantitative estimate of drug-likeness (QED) is 0.640. The minimum atomic E-state index is -0.856. The molecule has 1 rings (SSSR count). The van der Waals surface area contributed by atoms with Gasteiger partial charge in [0.25, 0.3) is 0 Å². The van der Waals surface area contributed by atoms with E-state index in [1.54, 1.807) is 0 Å². The number of aliphatic hydroxyl groups excluding tert-OH is 1. The molecule has 5 heteroatoms. The van der Waals surface area contributed by atoms with Crippen LogP contribution < -0.4 is 5.32 Å². The van der Waals surface area contributed by atoms with E-state index in [4.69, 9.17) is 5.11 Å². The largest absolute Gasteiger partial charge is 0.481 e. The van der Waals surface area contributed by atoms with Gasteiger partial charge in [0.2, 0.25) is 5.91 Å². The molecule has 1 saturated carbocycles. The molecule has 1 fully saturated rings. The Balaban J connectivity index is 2.55. The number of amides is 1. The van der Waals surface area contributed by atoms with Gasteiger partial charge in [-0.3, -0.25) is 9.59 Å². The first-order valence-electron chi connectivity index (χ1n) is 7.92. The number of carbonyl (C=O) groups excluding carboxylic acids is 1. The lowest BCUT2D eigenvalue weighted by Gasteiger charge is -2.26. The number of nitrogens with one attached hydrogen (secondary N) is 1. The van der Waals surface area contributed by atoms with Crippen LogP contribution in [0.4, 0.5) is 0 Å². The fourth-order valence-electron chi connectivity index (χ4n) is 3.14. The molecule has 0 saturated heterocycles. The summed E-state index contributed by atoms with van der Waals surface area (Å²) in [4.78, 5) is 23.6. The summed E-state index contributed by atoms with van der Waals surface area (Å²) in [5.41, 5.74) is -0.0835. The molecule has 0 aromatic rings. The molecule has 21 heavy (non-hydrogen) atoms. The summed E-state index contributed by atoms with van der Waals surface area (Å²) in [7, 11) is 0. The van der Waals surface area contributed by atoms with Crippen molar-refractivity contribution < 1.29 is 19.8 Å². The Labute approximate surface area is 127 Å². The summed E-state index contributed by atoms with van der Waals surface area (Å²) in [5.74, 6) is -1.60. The lowest BCUT2D eigenvalue weighted by atomic mass is 9.87. The maximum atomic E-state index is 12.3. The van der Waals surface area contributed by atoms with Gasteiger partial charge in [0.15, 0.2) is 0 Å². The van der Waals surface area contributed by atoms with Crippen LogP contribution in [0.5, 0.6) is 0 Å². The van der Waals surface area contributed by atoms with E-state index in [0.717, 1.165) is 12.8 Å². The lowest BCUT2D eigenvalue weighted by molar-refractivity contribution is -0.146. The van der Waals surface area contributed by atoms with E-state index in [2.05, 4.69) is 5.32 Å². The second-order valence-corrected chi connectivity index (χ2v) is 7.01. The van der Waals surface area contributed by atoms with Crippen LogP contribution >= 0.6 is 0 Å². The molecule has 122 valence electrons. The van der Waals surface area contributed by atoms with Gasteiger partial charge in [0.05, 0.1) is 11.8 Å². The van der Waals surface area contributed by atoms with Crippen LogP contribution in [0, 0.1) is 23.2 Å². The second-order valence-electron chi connectivity index (χ2n) is 7.01. The van der Waals surface area contributed by atoms with Crippen LogP contribution in [0.25, 0.3) is 0 Å². The number of carboxylic acid groups (broad SMARTS) is 1. The van der Waals surface area contributed by atoms with Crippen molar-refractivity contribution in [3.8, 4) is 0 Å². The number of aliphatic hydroxyl groups is 1. The Morgan fingerprint density at radius 2 is 1.86 bits per heavy atom. The van der Waals surface area contributed by atoms with Crippen LogP contribution in [-0.2, 0) is 9.59 Å². The Bertz CT molecular complexity index is 367. The van der Waals surface area contributed by atoms with Gasteiger partial charge in [-0.25, -0.2) is 0 Å². The van der Waals surface area contributed by atoms with Crippen LogP contribution in [0.3, 0.4) is 0 Å². The zero-order valence-corrected chi connectivity index (χ0v) is 13.4. The van der Waals surface area contributed by atoms with Gasteiger partial charge >= 0.3 is 5.97 Å². The second kappa shape index (κ2) is 7.78. The van der Waals surface area contributed by atoms with E-state index in [1.165, 1.54) is 0 Å². The van der Waals surface area contributed by atoms with E-state index < -0.39 is 17.8 Å². The number of hydrogen-bond donors (Lipinski definition) is 3. The highest BCUT2D eigenvalue weighted by molar-refractivity contribution is 5.85. The van der Waals surface area contributed by atoms with Crippen LogP contribution in [0.15, 0.2) is 0 Å². The van der Waals surface area contributed by atoms with Crippen molar-refractivity contribution in [3.63, 3.8) is 0 Å². The van der Waals surface area contributed by atoms with Crippen molar-refractivity contribution in [2.45, 2.75) is 52.9 Å². The molecule has 1 aliphatic rings. The molecule has 3 atom stereocenters. The predicted molar refractivity (Wildman–Crippen MR) is 80.7 cm³/mol. The van der Waals surface area contributed by atoms with E-state index >= 15 is 0 Å². The number of aliphatic carboxylic acids is 1. The first-order chi connectivity index (χ1) is 9.80. The van der Waals surface area contributed by atoms with Crippen molar-refractivity contribution in [2.75, 3.05) is 13.2 Å². The Kier molecular flexibility index (Phi) is 6.65. The highest BCUT2D eigenvalue weighted by atomic mass is 16.4. The molecule has 0 bridgehead atoms. The van der Waals surface area contributed by atoms with Crippen LogP contribution in [0.2, 0.25) is 0 Å². The number of carbonyl (C=O) groups is 2. The van der Waals surface area contributed by atoms with E-state index in [0.29, 0.717) is 31.7 Å². The van der Waals surface area contributed by atoms with Gasteiger partial charge < -0.3 is 15.5 Å². The molecule has 0 radical (unpaired) electrons. The normalized spacial score (nSPS) is 25.8. The van der Waals surface area contributed by atoms with Crippen molar-refractivity contribution in [1.29, 1.82) is 0 Å². The monoisotopic (exact) mass is 299 g/mol. The molecule has 0 heterocycles. The molecule has 3 N–H and O–H groups in total. The fourth-order valence-corrected chi connectivity index (χ4v) is 3.14. The maximum absolute atomic E-state index is 12.3. The molecule has 5 nitrogen and oxygen atoms in total. The summed E-state index contributed by atoms with van der Waals surface area (Å²) < 4.78 is 0. The summed E-state index contributed by atoms with van der Waals surface area (Å²) in [6.45, 7) is 6.80. The number of hydrogen-bond acceptors (Lipinski definition) is 3. The lowest BCUT2D eigenvalue weighted by Crippen LogP contribution is -2.40. The minimum absolute atomic E-state index is 0.0835. The molecular weight excluding hydrogens is 270 g/mol.